The monoisotopic (exact) mass is 296 g/mol. The highest BCUT2D eigenvalue weighted by Gasteiger charge is 2.33. The van der Waals surface area contributed by atoms with Crippen molar-refractivity contribution in [2.75, 3.05) is 13.1 Å². The van der Waals surface area contributed by atoms with E-state index in [-0.39, 0.29) is 29.8 Å². The van der Waals surface area contributed by atoms with E-state index in [9.17, 15) is 4.79 Å². The Kier molecular flexibility index (Phi) is 6.03. The maximum absolute atomic E-state index is 12.0. The summed E-state index contributed by atoms with van der Waals surface area (Å²) in [5, 5.41) is 0. The zero-order chi connectivity index (χ0) is 13.9. The van der Waals surface area contributed by atoms with Gasteiger partial charge in [0, 0.05) is 25.6 Å². The summed E-state index contributed by atoms with van der Waals surface area (Å²) in [5.41, 5.74) is 7.28. The number of likely N-dealkylation sites (tertiary alicyclic amines) is 1. The van der Waals surface area contributed by atoms with E-state index in [1.807, 2.05) is 17.9 Å². The molecule has 20 heavy (non-hydrogen) atoms. The minimum atomic E-state index is -0.0464. The highest BCUT2D eigenvalue weighted by atomic mass is 35.5. The fourth-order valence-electron chi connectivity index (χ4n) is 2.78. The number of hydrogen-bond donors (Lipinski definition) is 1. The summed E-state index contributed by atoms with van der Waals surface area (Å²) in [4.78, 5) is 14.0. The van der Waals surface area contributed by atoms with Gasteiger partial charge in [-0.1, -0.05) is 37.3 Å². The predicted molar refractivity (Wildman–Crippen MR) is 85.1 cm³/mol. The van der Waals surface area contributed by atoms with Crippen molar-refractivity contribution in [3.63, 3.8) is 0 Å². The third-order valence-electron chi connectivity index (χ3n) is 4.19. The van der Waals surface area contributed by atoms with Gasteiger partial charge in [0.25, 0.3) is 0 Å². The van der Waals surface area contributed by atoms with E-state index < -0.39 is 0 Å². The molecule has 0 bridgehead atoms. The summed E-state index contributed by atoms with van der Waals surface area (Å²) in [6, 6.07) is 10.6. The number of nitrogens with two attached hydrogens (primary N) is 1. The number of amides is 1. The van der Waals surface area contributed by atoms with E-state index in [1.165, 1.54) is 5.56 Å². The number of carbonyl (C=O) groups excluding carboxylic acids is 1. The van der Waals surface area contributed by atoms with Crippen molar-refractivity contribution in [2.24, 2.45) is 5.73 Å². The van der Waals surface area contributed by atoms with Crippen LogP contribution in [0.25, 0.3) is 0 Å². The van der Waals surface area contributed by atoms with Crippen LogP contribution < -0.4 is 5.73 Å². The molecule has 2 N–H and O–H groups in total. The zero-order valence-corrected chi connectivity index (χ0v) is 13.2. The van der Waals surface area contributed by atoms with Crippen LogP contribution in [0.2, 0.25) is 0 Å². The summed E-state index contributed by atoms with van der Waals surface area (Å²) in [6.45, 7) is 5.87. The van der Waals surface area contributed by atoms with Gasteiger partial charge in [-0.3, -0.25) is 4.79 Å². The lowest BCUT2D eigenvalue weighted by Crippen LogP contribution is -2.45. The summed E-state index contributed by atoms with van der Waals surface area (Å²) < 4.78 is 0. The van der Waals surface area contributed by atoms with E-state index in [0.717, 1.165) is 25.9 Å². The Bertz CT molecular complexity index is 425. The van der Waals surface area contributed by atoms with Gasteiger partial charge in [0.15, 0.2) is 0 Å². The smallest absolute Gasteiger partial charge is 0.224 e. The molecule has 2 rings (SSSR count). The average Bonchev–Trinajstić information content (AvgIpc) is 2.40. The molecule has 1 fully saturated rings. The van der Waals surface area contributed by atoms with Crippen molar-refractivity contribution >= 4 is 18.3 Å². The molecule has 0 aromatic heterocycles. The van der Waals surface area contributed by atoms with Gasteiger partial charge >= 0.3 is 0 Å². The zero-order valence-electron chi connectivity index (χ0n) is 12.3. The lowest BCUT2D eigenvalue weighted by atomic mass is 9.74. The second-order valence-corrected chi connectivity index (χ2v) is 5.99. The molecule has 4 heteroatoms. The van der Waals surface area contributed by atoms with Crippen LogP contribution in [0.5, 0.6) is 0 Å². The predicted octanol–water partition coefficient (Wildman–Crippen LogP) is 2.73. The second-order valence-electron chi connectivity index (χ2n) is 5.99. The number of hydrogen-bond acceptors (Lipinski definition) is 2. The third kappa shape index (κ3) is 3.97. The van der Waals surface area contributed by atoms with E-state index in [0.29, 0.717) is 6.42 Å². The third-order valence-corrected chi connectivity index (χ3v) is 4.19. The van der Waals surface area contributed by atoms with Crippen molar-refractivity contribution < 1.29 is 4.79 Å². The SMILES string of the molecule is CC(N)CC(=O)N1CCC(C)(c2ccccc2)CC1.Cl. The van der Waals surface area contributed by atoms with Crippen molar-refractivity contribution in [1.82, 2.24) is 4.90 Å². The molecule has 1 aromatic rings. The molecule has 1 aliphatic heterocycles. The van der Waals surface area contributed by atoms with Gasteiger partial charge in [0.1, 0.15) is 0 Å². The van der Waals surface area contributed by atoms with Gasteiger partial charge in [-0.25, -0.2) is 0 Å². The highest BCUT2D eigenvalue weighted by molar-refractivity contribution is 5.85. The molecule has 1 atom stereocenters. The summed E-state index contributed by atoms with van der Waals surface area (Å²) >= 11 is 0. The van der Waals surface area contributed by atoms with E-state index in [2.05, 4.69) is 31.2 Å². The highest BCUT2D eigenvalue weighted by Crippen LogP contribution is 2.34. The van der Waals surface area contributed by atoms with Gasteiger partial charge in [0.05, 0.1) is 0 Å². The van der Waals surface area contributed by atoms with Crippen LogP contribution in [0, 0.1) is 0 Å². The first-order valence-corrected chi connectivity index (χ1v) is 7.10. The summed E-state index contributed by atoms with van der Waals surface area (Å²) in [6.07, 6.45) is 2.52. The van der Waals surface area contributed by atoms with Crippen LogP contribution in [0.15, 0.2) is 30.3 Å². The Morgan fingerprint density at radius 3 is 2.35 bits per heavy atom. The maximum Gasteiger partial charge on any atom is 0.224 e. The van der Waals surface area contributed by atoms with Crippen LogP contribution in [0.1, 0.15) is 38.7 Å². The Labute approximate surface area is 127 Å². The summed E-state index contributed by atoms with van der Waals surface area (Å²) in [7, 11) is 0. The number of rotatable bonds is 3. The number of nitrogens with zero attached hydrogens (tertiary/aromatic N) is 1. The minimum Gasteiger partial charge on any atom is -0.343 e. The van der Waals surface area contributed by atoms with Crippen molar-refractivity contribution in [3.8, 4) is 0 Å². The Hall–Kier alpha value is -1.06. The number of halogens is 1. The fourth-order valence-corrected chi connectivity index (χ4v) is 2.78. The molecule has 1 aromatic carbocycles. The molecule has 1 amide bonds. The maximum atomic E-state index is 12.0. The van der Waals surface area contributed by atoms with Gasteiger partial charge < -0.3 is 10.6 Å². The van der Waals surface area contributed by atoms with E-state index in [4.69, 9.17) is 5.73 Å². The first-order chi connectivity index (χ1) is 9.01. The molecule has 0 radical (unpaired) electrons. The topological polar surface area (TPSA) is 46.3 Å². The molecule has 1 aliphatic rings. The van der Waals surface area contributed by atoms with Crippen LogP contribution >= 0.6 is 12.4 Å². The lowest BCUT2D eigenvalue weighted by Gasteiger charge is -2.40. The molecule has 1 saturated heterocycles. The van der Waals surface area contributed by atoms with Crippen LogP contribution in [-0.2, 0) is 10.2 Å². The van der Waals surface area contributed by atoms with Gasteiger partial charge in [-0.2, -0.15) is 0 Å². The molecule has 1 unspecified atom stereocenters. The van der Waals surface area contributed by atoms with E-state index in [1.54, 1.807) is 0 Å². The van der Waals surface area contributed by atoms with Crippen LogP contribution in [0.4, 0.5) is 0 Å². The first-order valence-electron chi connectivity index (χ1n) is 7.10. The molecule has 3 nitrogen and oxygen atoms in total. The molecule has 0 saturated carbocycles. The number of piperidine rings is 1. The molecule has 0 spiro atoms. The van der Waals surface area contributed by atoms with Crippen LogP contribution in [-0.4, -0.2) is 29.9 Å². The van der Waals surface area contributed by atoms with Crippen molar-refractivity contribution in [3.05, 3.63) is 35.9 Å². The molecule has 1 heterocycles. The van der Waals surface area contributed by atoms with Crippen LogP contribution in [0.3, 0.4) is 0 Å². The number of carbonyl (C=O) groups is 1. The molecule has 0 aliphatic carbocycles. The Morgan fingerprint density at radius 2 is 1.85 bits per heavy atom. The first kappa shape index (κ1) is 17.0. The van der Waals surface area contributed by atoms with Gasteiger partial charge in [-0.15, -0.1) is 12.4 Å². The number of benzene rings is 1. The second kappa shape index (κ2) is 7.09. The van der Waals surface area contributed by atoms with E-state index >= 15 is 0 Å². The standard InChI is InChI=1S/C16H24N2O.ClH/c1-13(17)12-15(19)18-10-8-16(2,9-11-18)14-6-4-3-5-7-14;/h3-7,13H,8-12,17H2,1-2H3;1H. The average molecular weight is 297 g/mol. The normalized spacial score (nSPS) is 19.1. The Balaban J connectivity index is 0.00000200. The van der Waals surface area contributed by atoms with Crippen molar-refractivity contribution in [1.29, 1.82) is 0 Å². The molecule has 112 valence electrons. The largest absolute Gasteiger partial charge is 0.343 e. The molecular weight excluding hydrogens is 272 g/mol. The quantitative estimate of drug-likeness (QED) is 0.932. The van der Waals surface area contributed by atoms with Crippen molar-refractivity contribution in [2.45, 2.75) is 44.6 Å². The minimum absolute atomic E-state index is 0. The van der Waals surface area contributed by atoms with Gasteiger partial charge in [-0.05, 0) is 30.7 Å². The fraction of sp³-hybridized carbons (Fsp3) is 0.562. The molecular formula is C16H25ClN2O. The lowest BCUT2D eigenvalue weighted by molar-refractivity contribution is -0.133. The Morgan fingerprint density at radius 1 is 1.30 bits per heavy atom. The van der Waals surface area contributed by atoms with Gasteiger partial charge in [0.2, 0.25) is 5.91 Å². The summed E-state index contributed by atoms with van der Waals surface area (Å²) in [5.74, 6) is 0.199.